The summed E-state index contributed by atoms with van der Waals surface area (Å²) in [7, 11) is 0. The highest BCUT2D eigenvalue weighted by atomic mass is 32.2. The van der Waals surface area contributed by atoms with Crippen molar-refractivity contribution in [3.63, 3.8) is 0 Å². The van der Waals surface area contributed by atoms with Crippen LogP contribution in [0.2, 0.25) is 0 Å². The quantitative estimate of drug-likeness (QED) is 0.459. The summed E-state index contributed by atoms with van der Waals surface area (Å²) in [5.41, 5.74) is 5.94. The van der Waals surface area contributed by atoms with E-state index < -0.39 is 24.0 Å². The zero-order chi connectivity index (χ0) is 18.7. The number of thiophene rings is 1. The number of rotatable bonds is 5. The predicted molar refractivity (Wildman–Crippen MR) is 95.6 cm³/mol. The average Bonchev–Trinajstić information content (AvgIpc) is 2.78. The Balaban J connectivity index is 2.06. The first-order valence-electron chi connectivity index (χ1n) is 7.36. The maximum Gasteiger partial charge on any atom is 0.318 e. The maximum absolute atomic E-state index is 11.9. The number of esters is 1. The minimum Gasteiger partial charge on any atom is -0.452 e. The van der Waals surface area contributed by atoms with Crippen molar-refractivity contribution in [2.75, 3.05) is 5.75 Å². The summed E-state index contributed by atoms with van der Waals surface area (Å²) in [6, 6.07) is -0.996. The van der Waals surface area contributed by atoms with E-state index in [1.807, 2.05) is 19.2 Å². The number of carbonyl (C=O) groups is 3. The van der Waals surface area contributed by atoms with Crippen LogP contribution in [-0.2, 0) is 14.3 Å². The number of ether oxygens (including phenoxy) is 1. The van der Waals surface area contributed by atoms with Gasteiger partial charge in [0.1, 0.15) is 15.7 Å². The van der Waals surface area contributed by atoms with Gasteiger partial charge < -0.3 is 10.5 Å². The molecule has 0 unspecified atom stereocenters. The van der Waals surface area contributed by atoms with Crippen molar-refractivity contribution in [3.8, 4) is 0 Å². The van der Waals surface area contributed by atoms with E-state index in [1.165, 1.54) is 18.7 Å². The van der Waals surface area contributed by atoms with Gasteiger partial charge in [-0.3, -0.25) is 14.9 Å². The lowest BCUT2D eigenvalue weighted by atomic mass is 10.2. The molecule has 0 aromatic carbocycles. The number of nitrogens with two attached hydrogens (primary N) is 1. The molecule has 0 saturated carbocycles. The molecule has 0 bridgehead atoms. The lowest BCUT2D eigenvalue weighted by molar-refractivity contribution is -0.151. The number of aryl methyl sites for hydroxylation is 3. The minimum absolute atomic E-state index is 0.0198. The molecule has 0 fully saturated rings. The molecule has 2 rings (SSSR count). The molecular formula is C15H18N4O4S2. The third-order valence-electron chi connectivity index (χ3n) is 3.36. The van der Waals surface area contributed by atoms with Crippen molar-refractivity contribution in [1.82, 2.24) is 15.3 Å². The fraction of sp³-hybridized carbons (Fsp3) is 0.400. The Hall–Kier alpha value is -2.20. The van der Waals surface area contributed by atoms with Crippen molar-refractivity contribution in [1.29, 1.82) is 0 Å². The molecule has 3 amide bonds. The van der Waals surface area contributed by atoms with E-state index in [0.29, 0.717) is 10.9 Å². The van der Waals surface area contributed by atoms with Crippen molar-refractivity contribution in [2.24, 2.45) is 5.73 Å². The summed E-state index contributed by atoms with van der Waals surface area (Å²) in [4.78, 5) is 45.0. The molecule has 0 spiro atoms. The standard InChI is InChI=1S/C15H18N4O4S2/c1-6-8(3)25-14-11(6)13(17-9(4)18-14)24-5-10(20)23-7(2)12(21)19-15(16)22/h7H,5H2,1-4H3,(H3,16,19,21,22)/t7-/m0/s1. The van der Waals surface area contributed by atoms with Crippen LogP contribution in [0.25, 0.3) is 10.2 Å². The van der Waals surface area contributed by atoms with E-state index in [4.69, 9.17) is 10.5 Å². The highest BCUT2D eigenvalue weighted by molar-refractivity contribution is 8.00. The molecule has 10 heteroatoms. The van der Waals surface area contributed by atoms with E-state index in [1.54, 1.807) is 18.3 Å². The minimum atomic E-state index is -1.11. The van der Waals surface area contributed by atoms with Gasteiger partial charge in [0, 0.05) is 10.3 Å². The van der Waals surface area contributed by atoms with Gasteiger partial charge in [-0.05, 0) is 33.3 Å². The van der Waals surface area contributed by atoms with Crippen LogP contribution in [0.1, 0.15) is 23.2 Å². The summed E-state index contributed by atoms with van der Waals surface area (Å²) >= 11 is 2.81. The molecule has 0 saturated heterocycles. The number of hydrogen-bond acceptors (Lipinski definition) is 8. The molecular weight excluding hydrogens is 364 g/mol. The zero-order valence-electron chi connectivity index (χ0n) is 14.2. The van der Waals surface area contributed by atoms with Crippen molar-refractivity contribution in [3.05, 3.63) is 16.3 Å². The number of imide groups is 1. The Kier molecular flexibility index (Phi) is 5.96. The number of nitrogens with one attached hydrogen (secondary N) is 1. The molecule has 0 aliphatic carbocycles. The number of hydrogen-bond donors (Lipinski definition) is 2. The molecule has 1 atom stereocenters. The third kappa shape index (κ3) is 4.67. The molecule has 2 aromatic rings. The van der Waals surface area contributed by atoms with Gasteiger partial charge in [-0.25, -0.2) is 14.8 Å². The highest BCUT2D eigenvalue weighted by Crippen LogP contribution is 2.35. The van der Waals surface area contributed by atoms with Crippen LogP contribution in [-0.4, -0.2) is 39.7 Å². The van der Waals surface area contributed by atoms with E-state index in [9.17, 15) is 14.4 Å². The van der Waals surface area contributed by atoms with E-state index in [2.05, 4.69) is 9.97 Å². The highest BCUT2D eigenvalue weighted by Gasteiger charge is 2.20. The first kappa shape index (κ1) is 19.1. The summed E-state index contributed by atoms with van der Waals surface area (Å²) in [5, 5.41) is 3.50. The second-order valence-corrected chi connectivity index (χ2v) is 7.48. The number of primary amides is 1. The number of nitrogens with zero attached hydrogens (tertiary/aromatic N) is 2. The largest absolute Gasteiger partial charge is 0.452 e. The van der Waals surface area contributed by atoms with Crippen molar-refractivity contribution < 1.29 is 19.1 Å². The molecule has 0 aliphatic rings. The molecule has 0 aliphatic heterocycles. The SMILES string of the molecule is Cc1nc(SCC(=O)O[C@@H](C)C(=O)NC(N)=O)c2c(C)c(C)sc2n1. The predicted octanol–water partition coefficient (Wildman–Crippen LogP) is 1.84. The second kappa shape index (κ2) is 7.79. The summed E-state index contributed by atoms with van der Waals surface area (Å²) in [6.07, 6.45) is -1.11. The van der Waals surface area contributed by atoms with Crippen LogP contribution in [0.3, 0.4) is 0 Å². The molecule has 2 aromatic heterocycles. The fourth-order valence-electron chi connectivity index (χ4n) is 2.05. The maximum atomic E-state index is 11.9. The summed E-state index contributed by atoms with van der Waals surface area (Å²) < 4.78 is 4.99. The monoisotopic (exact) mass is 382 g/mol. The Morgan fingerprint density at radius 1 is 1.28 bits per heavy atom. The zero-order valence-corrected chi connectivity index (χ0v) is 15.8. The second-order valence-electron chi connectivity index (χ2n) is 5.31. The number of fused-ring (bicyclic) bond motifs is 1. The molecule has 3 N–H and O–H groups in total. The van der Waals surface area contributed by atoms with Crippen LogP contribution in [0, 0.1) is 20.8 Å². The van der Waals surface area contributed by atoms with Gasteiger partial charge in [0.15, 0.2) is 6.10 Å². The average molecular weight is 382 g/mol. The Morgan fingerprint density at radius 3 is 2.60 bits per heavy atom. The summed E-state index contributed by atoms with van der Waals surface area (Å²) in [6.45, 7) is 7.16. The van der Waals surface area contributed by atoms with Gasteiger partial charge in [-0.15, -0.1) is 11.3 Å². The molecule has 0 radical (unpaired) electrons. The lowest BCUT2D eigenvalue weighted by Gasteiger charge is -2.12. The lowest BCUT2D eigenvalue weighted by Crippen LogP contribution is -2.42. The van der Waals surface area contributed by atoms with E-state index >= 15 is 0 Å². The first-order chi connectivity index (χ1) is 11.7. The first-order valence-corrected chi connectivity index (χ1v) is 9.16. The van der Waals surface area contributed by atoms with E-state index in [0.717, 1.165) is 20.7 Å². The van der Waals surface area contributed by atoms with Crippen LogP contribution in [0.5, 0.6) is 0 Å². The normalized spacial score (nSPS) is 12.0. The summed E-state index contributed by atoms with van der Waals surface area (Å²) in [5.74, 6) is -0.756. The third-order valence-corrected chi connectivity index (χ3v) is 5.41. The number of carbonyl (C=O) groups excluding carboxylic acids is 3. The van der Waals surface area contributed by atoms with Crippen molar-refractivity contribution >= 4 is 51.2 Å². The Labute approximate surface area is 152 Å². The molecule has 25 heavy (non-hydrogen) atoms. The fourth-order valence-corrected chi connectivity index (χ4v) is 4.11. The topological polar surface area (TPSA) is 124 Å². The van der Waals surface area contributed by atoms with Crippen molar-refractivity contribution in [2.45, 2.75) is 38.8 Å². The van der Waals surface area contributed by atoms with Crippen LogP contribution in [0.4, 0.5) is 4.79 Å². The van der Waals surface area contributed by atoms with Gasteiger partial charge in [0.2, 0.25) is 0 Å². The molecule has 8 nitrogen and oxygen atoms in total. The van der Waals surface area contributed by atoms with E-state index in [-0.39, 0.29) is 5.75 Å². The molecule has 2 heterocycles. The molecule has 134 valence electrons. The van der Waals surface area contributed by atoms with Gasteiger partial charge in [-0.1, -0.05) is 11.8 Å². The number of urea groups is 1. The smallest absolute Gasteiger partial charge is 0.318 e. The Bertz CT molecular complexity index is 850. The van der Waals surface area contributed by atoms with Crippen LogP contribution >= 0.6 is 23.1 Å². The number of amides is 3. The van der Waals surface area contributed by atoms with Gasteiger partial charge in [-0.2, -0.15) is 0 Å². The van der Waals surface area contributed by atoms with Crippen LogP contribution in [0.15, 0.2) is 5.03 Å². The number of thioether (sulfide) groups is 1. The Morgan fingerprint density at radius 2 is 1.96 bits per heavy atom. The van der Waals surface area contributed by atoms with Gasteiger partial charge >= 0.3 is 12.0 Å². The number of aromatic nitrogens is 2. The van der Waals surface area contributed by atoms with Crippen LogP contribution < -0.4 is 11.1 Å². The van der Waals surface area contributed by atoms with Gasteiger partial charge in [0.05, 0.1) is 5.75 Å². The van der Waals surface area contributed by atoms with Gasteiger partial charge in [0.25, 0.3) is 5.91 Å².